The van der Waals surface area contributed by atoms with Gasteiger partial charge in [0.15, 0.2) is 5.78 Å². The minimum Gasteiger partial charge on any atom is -0.288 e. The van der Waals surface area contributed by atoms with E-state index in [1.807, 2.05) is 6.07 Å². The van der Waals surface area contributed by atoms with E-state index in [9.17, 15) is 9.59 Å². The van der Waals surface area contributed by atoms with Gasteiger partial charge in [0, 0.05) is 4.47 Å². The molecule has 0 spiro atoms. The monoisotopic (exact) mass is 323 g/mol. The number of halogens is 2. The van der Waals surface area contributed by atoms with E-state index in [4.69, 9.17) is 11.6 Å². The molecule has 0 atom stereocenters. The van der Waals surface area contributed by atoms with Gasteiger partial charge in [0.1, 0.15) is 0 Å². The first-order valence-electron chi connectivity index (χ1n) is 5.05. The lowest BCUT2D eigenvalue weighted by atomic mass is 10.1. The number of allylic oxidation sites excluding steroid dienone is 4. The quantitative estimate of drug-likeness (QED) is 0.744. The second kappa shape index (κ2) is 5.42. The summed E-state index contributed by atoms with van der Waals surface area (Å²) in [5, 5.41) is 0.0520. The normalized spacial score (nSPS) is 16.9. The van der Waals surface area contributed by atoms with Crippen LogP contribution in [0, 0.1) is 0 Å². The largest absolute Gasteiger partial charge is 0.288 e. The Hall–Kier alpha value is -1.52. The molecule has 0 N–H and O–H groups in total. The molecule has 1 aliphatic carbocycles. The maximum absolute atomic E-state index is 11.9. The van der Waals surface area contributed by atoms with E-state index < -0.39 is 5.91 Å². The number of aliphatic imine (C=N–C) groups is 1. The van der Waals surface area contributed by atoms with Gasteiger partial charge in [-0.25, -0.2) is 4.99 Å². The van der Waals surface area contributed by atoms with Crippen LogP contribution in [-0.4, -0.2) is 17.4 Å². The van der Waals surface area contributed by atoms with Crippen LogP contribution >= 0.6 is 27.5 Å². The zero-order valence-electron chi connectivity index (χ0n) is 9.06. The highest BCUT2D eigenvalue weighted by Crippen LogP contribution is 2.17. The molecular formula is C13H7BrClNO2. The third kappa shape index (κ3) is 2.83. The van der Waals surface area contributed by atoms with Gasteiger partial charge in [0.2, 0.25) is 0 Å². The Labute approximate surface area is 117 Å². The minimum atomic E-state index is -0.391. The van der Waals surface area contributed by atoms with Crippen molar-refractivity contribution in [2.24, 2.45) is 4.99 Å². The highest BCUT2D eigenvalue weighted by atomic mass is 79.9. The predicted molar refractivity (Wildman–Crippen MR) is 74.0 cm³/mol. The first-order valence-corrected chi connectivity index (χ1v) is 6.22. The summed E-state index contributed by atoms with van der Waals surface area (Å²) in [6.45, 7) is 0. The molecule has 0 saturated heterocycles. The lowest BCUT2D eigenvalue weighted by Gasteiger charge is -2.03. The van der Waals surface area contributed by atoms with Crippen molar-refractivity contribution in [3.05, 3.63) is 57.6 Å². The third-order valence-corrected chi connectivity index (χ3v) is 3.24. The zero-order chi connectivity index (χ0) is 13.1. The Bertz CT molecular complexity index is 617. The molecule has 0 heterocycles. The molecule has 5 heteroatoms. The van der Waals surface area contributed by atoms with Gasteiger partial charge in [-0.1, -0.05) is 23.7 Å². The smallest absolute Gasteiger partial charge is 0.278 e. The van der Waals surface area contributed by atoms with Crippen molar-refractivity contribution in [2.45, 2.75) is 0 Å². The molecule has 0 saturated carbocycles. The average molecular weight is 325 g/mol. The maximum Gasteiger partial charge on any atom is 0.278 e. The van der Waals surface area contributed by atoms with Crippen molar-refractivity contribution in [1.29, 1.82) is 0 Å². The van der Waals surface area contributed by atoms with E-state index in [2.05, 4.69) is 20.9 Å². The van der Waals surface area contributed by atoms with Crippen LogP contribution in [0.3, 0.4) is 0 Å². The van der Waals surface area contributed by atoms with Gasteiger partial charge in [0.25, 0.3) is 5.91 Å². The van der Waals surface area contributed by atoms with Crippen molar-refractivity contribution >= 4 is 44.9 Å². The molecule has 0 aromatic heterocycles. The second-order valence-electron chi connectivity index (χ2n) is 3.51. The van der Waals surface area contributed by atoms with Crippen LogP contribution in [0.15, 0.2) is 57.0 Å². The van der Waals surface area contributed by atoms with Crippen molar-refractivity contribution < 1.29 is 9.59 Å². The summed E-state index contributed by atoms with van der Waals surface area (Å²) in [4.78, 5) is 26.9. The van der Waals surface area contributed by atoms with Gasteiger partial charge >= 0.3 is 0 Å². The lowest BCUT2D eigenvalue weighted by molar-refractivity contribution is -0.110. The Balaban J connectivity index is 2.30. The summed E-state index contributed by atoms with van der Waals surface area (Å²) >= 11 is 8.96. The molecule has 1 aromatic carbocycles. The molecule has 0 radical (unpaired) electrons. The van der Waals surface area contributed by atoms with Crippen LogP contribution in [0.2, 0.25) is 0 Å². The Morgan fingerprint density at radius 1 is 1.22 bits per heavy atom. The fourth-order valence-corrected chi connectivity index (χ4v) is 2.00. The number of carbonyl (C=O) groups excluding carboxylic acids is 2. The number of amides is 1. The number of carbonyl (C=O) groups is 2. The van der Waals surface area contributed by atoms with Gasteiger partial charge < -0.3 is 0 Å². The van der Waals surface area contributed by atoms with Crippen LogP contribution in [0.4, 0.5) is 0 Å². The zero-order valence-corrected chi connectivity index (χ0v) is 11.4. The van der Waals surface area contributed by atoms with Gasteiger partial charge in [-0.05, 0) is 46.3 Å². The summed E-state index contributed by atoms with van der Waals surface area (Å²) in [6.07, 6.45) is 4.12. The van der Waals surface area contributed by atoms with E-state index in [0.717, 1.165) is 0 Å². The van der Waals surface area contributed by atoms with Crippen molar-refractivity contribution in [2.75, 3.05) is 0 Å². The first-order chi connectivity index (χ1) is 8.58. The Morgan fingerprint density at radius 3 is 2.61 bits per heavy atom. The Kier molecular flexibility index (Phi) is 3.89. The average Bonchev–Trinajstić information content (AvgIpc) is 2.34. The Morgan fingerprint density at radius 2 is 1.94 bits per heavy atom. The number of ketones is 1. The summed E-state index contributed by atoms with van der Waals surface area (Å²) in [6, 6.07) is 6.99. The van der Waals surface area contributed by atoms with Crippen LogP contribution in [0.25, 0.3) is 0 Å². The van der Waals surface area contributed by atoms with Crippen molar-refractivity contribution in [1.82, 2.24) is 0 Å². The molecule has 1 amide bonds. The molecule has 0 unspecified atom stereocenters. The van der Waals surface area contributed by atoms with E-state index in [1.54, 1.807) is 18.2 Å². The van der Waals surface area contributed by atoms with E-state index in [-0.39, 0.29) is 10.8 Å². The number of rotatable bonds is 1. The number of nitrogens with zero attached hydrogens (tertiary/aromatic N) is 1. The van der Waals surface area contributed by atoms with E-state index >= 15 is 0 Å². The van der Waals surface area contributed by atoms with Crippen LogP contribution < -0.4 is 0 Å². The summed E-state index contributed by atoms with van der Waals surface area (Å²) < 4.78 is 0.672. The van der Waals surface area contributed by atoms with E-state index in [1.165, 1.54) is 18.2 Å². The van der Waals surface area contributed by atoms with Crippen molar-refractivity contribution in [3.8, 4) is 0 Å². The first kappa shape index (κ1) is 12.9. The predicted octanol–water partition coefficient (Wildman–Crippen LogP) is 3.29. The van der Waals surface area contributed by atoms with Gasteiger partial charge in [0.05, 0.1) is 16.3 Å². The molecule has 0 bridgehead atoms. The summed E-state index contributed by atoms with van der Waals surface area (Å²) in [5.74, 6) is -0.679. The molecule has 18 heavy (non-hydrogen) atoms. The van der Waals surface area contributed by atoms with E-state index in [0.29, 0.717) is 15.7 Å². The van der Waals surface area contributed by atoms with Gasteiger partial charge in [-0.3, -0.25) is 9.59 Å². The standard InChI is InChI=1S/C13H7BrClNO2/c14-10-4-2-1-3-9(10)13(18)16-8-5-6-12(17)11(15)7-8/h1-7H. The fraction of sp³-hybridized carbons (Fsp3) is 0. The topological polar surface area (TPSA) is 46.5 Å². The number of hydrogen-bond acceptors (Lipinski definition) is 2. The summed E-state index contributed by atoms with van der Waals surface area (Å²) in [7, 11) is 0. The molecule has 0 fully saturated rings. The number of hydrogen-bond donors (Lipinski definition) is 0. The number of benzene rings is 1. The molecule has 0 aliphatic heterocycles. The molecule has 3 nitrogen and oxygen atoms in total. The molecule has 1 aromatic rings. The second-order valence-corrected chi connectivity index (χ2v) is 4.77. The van der Waals surface area contributed by atoms with Crippen LogP contribution in [0.5, 0.6) is 0 Å². The molecular weight excluding hydrogens is 318 g/mol. The molecule has 1 aliphatic rings. The van der Waals surface area contributed by atoms with Crippen LogP contribution in [-0.2, 0) is 4.79 Å². The lowest BCUT2D eigenvalue weighted by Crippen LogP contribution is -2.06. The minimum absolute atomic E-state index is 0.0520. The molecule has 90 valence electrons. The molecule has 2 rings (SSSR count). The maximum atomic E-state index is 11.9. The summed E-state index contributed by atoms with van der Waals surface area (Å²) in [5.41, 5.74) is 0.820. The van der Waals surface area contributed by atoms with Crippen LogP contribution in [0.1, 0.15) is 10.4 Å². The van der Waals surface area contributed by atoms with Gasteiger partial charge in [-0.15, -0.1) is 0 Å². The highest BCUT2D eigenvalue weighted by Gasteiger charge is 2.12. The van der Waals surface area contributed by atoms with Crippen molar-refractivity contribution in [3.63, 3.8) is 0 Å². The third-order valence-electron chi connectivity index (χ3n) is 2.25. The SMILES string of the molecule is O=C1C=CC(=NC(=O)c2ccccc2Br)C=C1Cl. The fourth-order valence-electron chi connectivity index (χ4n) is 1.37. The van der Waals surface area contributed by atoms with Gasteiger partial charge in [-0.2, -0.15) is 0 Å². The highest BCUT2D eigenvalue weighted by molar-refractivity contribution is 9.10.